The van der Waals surface area contributed by atoms with Gasteiger partial charge in [-0.25, -0.2) is 4.39 Å². The van der Waals surface area contributed by atoms with Gasteiger partial charge in [0.1, 0.15) is 5.82 Å². The molecule has 1 amide bonds. The molecule has 2 heterocycles. The maximum atomic E-state index is 14.5. The molecule has 1 saturated carbocycles. The minimum Gasteiger partial charge on any atom is -0.493 e. The van der Waals surface area contributed by atoms with E-state index in [2.05, 4.69) is 21.9 Å². The molecule has 0 aromatic heterocycles. The predicted molar refractivity (Wildman–Crippen MR) is 162 cm³/mol. The first-order valence-electron chi connectivity index (χ1n) is 15.3. The Morgan fingerprint density at radius 3 is 2.44 bits per heavy atom. The van der Waals surface area contributed by atoms with Crippen molar-refractivity contribution >= 4 is 17.5 Å². The van der Waals surface area contributed by atoms with Crippen LogP contribution in [0, 0.1) is 5.82 Å². The number of hydrogen-bond donors (Lipinski definition) is 0. The monoisotopic (exact) mass is 585 g/mol. The SMILES string of the molecule is COc1ccc(C2(CCN3CCN(C4CCCCC4)CC3)CCCN(C(=O)Cc3c(F)cccc3Cl)C2)cc1OC. The van der Waals surface area contributed by atoms with Gasteiger partial charge in [0, 0.05) is 61.3 Å². The summed E-state index contributed by atoms with van der Waals surface area (Å²) in [7, 11) is 3.31. The van der Waals surface area contributed by atoms with E-state index in [9.17, 15) is 9.18 Å². The van der Waals surface area contributed by atoms with E-state index in [1.165, 1.54) is 38.2 Å². The highest BCUT2D eigenvalue weighted by atomic mass is 35.5. The molecular weight excluding hydrogens is 541 g/mol. The van der Waals surface area contributed by atoms with Crippen LogP contribution in [0.3, 0.4) is 0 Å². The minimum atomic E-state index is -0.429. The molecule has 3 fully saturated rings. The Morgan fingerprint density at radius 1 is 0.976 bits per heavy atom. The van der Waals surface area contributed by atoms with Gasteiger partial charge in [0.25, 0.3) is 0 Å². The maximum absolute atomic E-state index is 14.5. The van der Waals surface area contributed by atoms with E-state index in [0.29, 0.717) is 29.6 Å². The van der Waals surface area contributed by atoms with Crippen molar-refractivity contribution in [3.63, 3.8) is 0 Å². The second-order valence-corrected chi connectivity index (χ2v) is 12.5. The fourth-order valence-electron chi connectivity index (χ4n) is 7.23. The standard InChI is InChI=1S/C33H45ClFN3O3/c1-40-30-13-12-25(22-31(30)41-2)33(15-17-36-18-20-37(21-19-36)26-8-4-3-5-9-26)14-7-16-38(24-33)32(39)23-27-28(34)10-6-11-29(27)35/h6,10-13,22,26H,3-5,7-9,14-21,23-24H2,1-2H3. The molecule has 1 atom stereocenters. The van der Waals surface area contributed by atoms with Crippen molar-refractivity contribution in [3.05, 3.63) is 58.4 Å². The van der Waals surface area contributed by atoms with Gasteiger partial charge in [-0.3, -0.25) is 9.69 Å². The van der Waals surface area contributed by atoms with Crippen LogP contribution < -0.4 is 9.47 Å². The molecule has 8 heteroatoms. The minimum absolute atomic E-state index is 0.0311. The summed E-state index contributed by atoms with van der Waals surface area (Å²) in [5.74, 6) is 0.888. The molecule has 1 unspecified atom stereocenters. The van der Waals surface area contributed by atoms with Crippen LogP contribution in [0.15, 0.2) is 36.4 Å². The van der Waals surface area contributed by atoms with Crippen LogP contribution in [0.4, 0.5) is 4.39 Å². The number of halogens is 2. The van der Waals surface area contributed by atoms with Gasteiger partial charge in [-0.15, -0.1) is 0 Å². The third kappa shape index (κ3) is 7.00. The van der Waals surface area contributed by atoms with E-state index in [-0.39, 0.29) is 23.3 Å². The molecule has 2 aromatic rings. The van der Waals surface area contributed by atoms with Crippen LogP contribution in [-0.2, 0) is 16.6 Å². The topological polar surface area (TPSA) is 45.2 Å². The van der Waals surface area contributed by atoms with Crippen molar-refractivity contribution < 1.29 is 18.7 Å². The van der Waals surface area contributed by atoms with Crippen molar-refractivity contribution in [2.45, 2.75) is 69.2 Å². The first-order chi connectivity index (χ1) is 19.9. The van der Waals surface area contributed by atoms with Crippen LogP contribution in [0.2, 0.25) is 5.02 Å². The molecule has 2 saturated heterocycles. The number of carbonyl (C=O) groups is 1. The van der Waals surface area contributed by atoms with Gasteiger partial charge >= 0.3 is 0 Å². The van der Waals surface area contributed by atoms with Crippen molar-refractivity contribution in [3.8, 4) is 11.5 Å². The fraction of sp³-hybridized carbons (Fsp3) is 0.606. The molecule has 41 heavy (non-hydrogen) atoms. The molecule has 6 nitrogen and oxygen atoms in total. The van der Waals surface area contributed by atoms with Gasteiger partial charge in [0.15, 0.2) is 11.5 Å². The number of ether oxygens (including phenoxy) is 2. The smallest absolute Gasteiger partial charge is 0.227 e. The zero-order valence-electron chi connectivity index (χ0n) is 24.7. The second-order valence-electron chi connectivity index (χ2n) is 12.1. The lowest BCUT2D eigenvalue weighted by Gasteiger charge is -2.46. The van der Waals surface area contributed by atoms with Crippen molar-refractivity contribution in [1.82, 2.24) is 14.7 Å². The van der Waals surface area contributed by atoms with Crippen LogP contribution >= 0.6 is 11.6 Å². The lowest BCUT2D eigenvalue weighted by Crippen LogP contribution is -2.53. The summed E-state index contributed by atoms with van der Waals surface area (Å²) in [6, 6.07) is 11.5. The van der Waals surface area contributed by atoms with Crippen LogP contribution in [0.25, 0.3) is 0 Å². The van der Waals surface area contributed by atoms with Gasteiger partial charge in [-0.2, -0.15) is 0 Å². The Hall–Kier alpha value is -2.35. The quantitative estimate of drug-likeness (QED) is 0.364. The van der Waals surface area contributed by atoms with E-state index in [1.54, 1.807) is 26.4 Å². The number of methoxy groups -OCH3 is 2. The van der Waals surface area contributed by atoms with Crippen molar-refractivity contribution in [1.29, 1.82) is 0 Å². The largest absolute Gasteiger partial charge is 0.493 e. The van der Waals surface area contributed by atoms with Crippen molar-refractivity contribution in [2.75, 3.05) is 60.0 Å². The number of hydrogen-bond acceptors (Lipinski definition) is 5. The molecule has 0 N–H and O–H groups in total. The summed E-state index contributed by atoms with van der Waals surface area (Å²) in [4.78, 5) is 20.8. The fourth-order valence-corrected chi connectivity index (χ4v) is 7.46. The lowest BCUT2D eigenvalue weighted by molar-refractivity contribution is -0.133. The van der Waals surface area contributed by atoms with E-state index >= 15 is 0 Å². The zero-order valence-corrected chi connectivity index (χ0v) is 25.4. The number of piperazine rings is 1. The summed E-state index contributed by atoms with van der Waals surface area (Å²) in [5.41, 5.74) is 1.21. The average Bonchev–Trinajstić information content (AvgIpc) is 3.02. The van der Waals surface area contributed by atoms with Gasteiger partial charge in [0.05, 0.1) is 20.6 Å². The molecule has 3 aliphatic rings. The van der Waals surface area contributed by atoms with E-state index in [4.69, 9.17) is 21.1 Å². The summed E-state index contributed by atoms with van der Waals surface area (Å²) >= 11 is 6.28. The molecule has 224 valence electrons. The Kier molecular flexibility index (Phi) is 10.1. The Bertz CT molecular complexity index is 1160. The predicted octanol–water partition coefficient (Wildman–Crippen LogP) is 5.94. The molecule has 5 rings (SSSR count). The third-order valence-corrected chi connectivity index (χ3v) is 10.1. The normalized spacial score (nSPS) is 23.0. The number of nitrogens with zero attached hydrogens (tertiary/aromatic N) is 3. The Labute approximate surface area is 249 Å². The highest BCUT2D eigenvalue weighted by Crippen LogP contribution is 2.41. The number of rotatable bonds is 9. The van der Waals surface area contributed by atoms with Gasteiger partial charge in [-0.1, -0.05) is 43.0 Å². The summed E-state index contributed by atoms with van der Waals surface area (Å²) in [6.45, 7) is 6.70. The second kappa shape index (κ2) is 13.7. The van der Waals surface area contributed by atoms with E-state index < -0.39 is 5.82 Å². The molecule has 1 aliphatic carbocycles. The number of piperidine rings is 1. The number of likely N-dealkylation sites (tertiary alicyclic amines) is 1. The summed E-state index contributed by atoms with van der Waals surface area (Å²) < 4.78 is 25.7. The van der Waals surface area contributed by atoms with Gasteiger partial charge in [0.2, 0.25) is 5.91 Å². The molecule has 2 aliphatic heterocycles. The third-order valence-electron chi connectivity index (χ3n) is 9.72. The van der Waals surface area contributed by atoms with Crippen LogP contribution in [0.1, 0.15) is 62.5 Å². The number of carbonyl (C=O) groups excluding carboxylic acids is 1. The van der Waals surface area contributed by atoms with Crippen molar-refractivity contribution in [2.24, 2.45) is 0 Å². The highest BCUT2D eigenvalue weighted by Gasteiger charge is 2.40. The molecule has 2 aromatic carbocycles. The van der Waals surface area contributed by atoms with Crippen LogP contribution in [0.5, 0.6) is 11.5 Å². The van der Waals surface area contributed by atoms with Gasteiger partial charge < -0.3 is 19.3 Å². The summed E-state index contributed by atoms with van der Waals surface area (Å²) in [5, 5.41) is 0.300. The Balaban J connectivity index is 1.32. The number of benzene rings is 2. The zero-order chi connectivity index (χ0) is 28.8. The molecule has 0 bridgehead atoms. The maximum Gasteiger partial charge on any atom is 0.227 e. The van der Waals surface area contributed by atoms with E-state index in [1.807, 2.05) is 11.0 Å². The van der Waals surface area contributed by atoms with Gasteiger partial charge in [-0.05, 0) is 68.5 Å². The highest BCUT2D eigenvalue weighted by molar-refractivity contribution is 6.31. The molecular formula is C33H45ClFN3O3. The average molecular weight is 586 g/mol. The Morgan fingerprint density at radius 2 is 1.73 bits per heavy atom. The number of amides is 1. The van der Waals surface area contributed by atoms with E-state index in [0.717, 1.165) is 63.6 Å². The molecule has 0 radical (unpaired) electrons. The lowest BCUT2D eigenvalue weighted by atomic mass is 9.71. The summed E-state index contributed by atoms with van der Waals surface area (Å²) in [6.07, 6.45) is 9.62. The first kappa shape index (κ1) is 30.1. The first-order valence-corrected chi connectivity index (χ1v) is 15.7. The van der Waals surface area contributed by atoms with Crippen LogP contribution in [-0.4, -0.2) is 86.7 Å². The molecule has 0 spiro atoms.